The highest BCUT2D eigenvalue weighted by Gasteiger charge is 2.15. The molecule has 0 saturated heterocycles. The Kier molecular flexibility index (Phi) is 6.51. The first-order valence-electron chi connectivity index (χ1n) is 10.5. The first kappa shape index (κ1) is 22.6. The van der Waals surface area contributed by atoms with E-state index in [1.807, 2.05) is 36.4 Å². The summed E-state index contributed by atoms with van der Waals surface area (Å²) in [6.45, 7) is 7.23. The topological polar surface area (TPSA) is 82.2 Å². The molecule has 0 aliphatic rings. The van der Waals surface area contributed by atoms with Crippen LogP contribution in [-0.4, -0.2) is 20.7 Å². The molecule has 8 heteroatoms. The zero-order chi connectivity index (χ0) is 23.4. The number of anilines is 1. The minimum absolute atomic E-state index is 0.0857. The highest BCUT2D eigenvalue weighted by molar-refractivity contribution is 6.30. The highest BCUT2D eigenvalue weighted by Crippen LogP contribution is 2.24. The molecular weight excluding hydrogens is 440 g/mol. The largest absolute Gasteiger partial charge is 0.486 e. The van der Waals surface area contributed by atoms with Gasteiger partial charge in [-0.2, -0.15) is 0 Å². The summed E-state index contributed by atoms with van der Waals surface area (Å²) in [5.41, 5.74) is 2.34. The number of hydrogen-bond donors (Lipinski definition) is 1. The normalized spacial score (nSPS) is 11.4. The number of benzene rings is 2. The number of nitrogens with one attached hydrogen (secondary N) is 1. The van der Waals surface area contributed by atoms with Crippen LogP contribution in [0.3, 0.4) is 0 Å². The standard InChI is InChI=1S/C25H25ClN4O3/c1-25(2,3)18-6-10-20(11-7-18)32-15-21-12-13-22(33-21)23(31)28-24-27-16-30(29-24)14-17-4-8-19(26)9-5-17/h4-13,16H,14-15H2,1-3H3,(H,28,29,31). The van der Waals surface area contributed by atoms with E-state index < -0.39 is 5.91 Å². The molecule has 0 saturated carbocycles. The minimum Gasteiger partial charge on any atom is -0.486 e. The van der Waals surface area contributed by atoms with Gasteiger partial charge in [0.05, 0.1) is 6.54 Å². The third-order valence-electron chi connectivity index (χ3n) is 5.01. The van der Waals surface area contributed by atoms with Crippen molar-refractivity contribution in [3.05, 3.63) is 94.7 Å². The lowest BCUT2D eigenvalue weighted by atomic mass is 9.87. The van der Waals surface area contributed by atoms with Crippen molar-refractivity contribution < 1.29 is 13.9 Å². The second-order valence-electron chi connectivity index (χ2n) is 8.68. The Hall–Kier alpha value is -3.58. The Morgan fingerprint density at radius 3 is 2.48 bits per heavy atom. The van der Waals surface area contributed by atoms with Crippen molar-refractivity contribution in [3.8, 4) is 5.75 Å². The molecule has 1 N–H and O–H groups in total. The van der Waals surface area contributed by atoms with Crippen LogP contribution in [0.2, 0.25) is 5.02 Å². The van der Waals surface area contributed by atoms with Gasteiger partial charge in [-0.05, 0) is 52.9 Å². The molecule has 4 aromatic rings. The van der Waals surface area contributed by atoms with Gasteiger partial charge >= 0.3 is 0 Å². The number of amides is 1. The van der Waals surface area contributed by atoms with E-state index >= 15 is 0 Å². The number of hydrogen-bond acceptors (Lipinski definition) is 5. The number of nitrogens with zero attached hydrogens (tertiary/aromatic N) is 3. The summed E-state index contributed by atoms with van der Waals surface area (Å²) in [4.78, 5) is 16.6. The van der Waals surface area contributed by atoms with Crippen molar-refractivity contribution in [2.24, 2.45) is 0 Å². The molecule has 2 heterocycles. The summed E-state index contributed by atoms with van der Waals surface area (Å²) in [6.07, 6.45) is 1.55. The number of aromatic nitrogens is 3. The molecule has 0 bridgehead atoms. The first-order chi connectivity index (χ1) is 15.8. The number of halogens is 1. The average molecular weight is 465 g/mol. The number of carbonyl (C=O) groups is 1. The Morgan fingerprint density at radius 2 is 1.79 bits per heavy atom. The maximum Gasteiger partial charge on any atom is 0.293 e. The predicted molar refractivity (Wildman–Crippen MR) is 127 cm³/mol. The quantitative estimate of drug-likeness (QED) is 0.379. The molecule has 0 radical (unpaired) electrons. The van der Waals surface area contributed by atoms with E-state index in [9.17, 15) is 4.79 Å². The molecule has 0 atom stereocenters. The Morgan fingerprint density at radius 1 is 1.06 bits per heavy atom. The van der Waals surface area contributed by atoms with Crippen LogP contribution in [-0.2, 0) is 18.6 Å². The molecule has 2 aromatic carbocycles. The third-order valence-corrected chi connectivity index (χ3v) is 5.26. The van der Waals surface area contributed by atoms with Crippen LogP contribution >= 0.6 is 11.6 Å². The summed E-state index contributed by atoms with van der Waals surface area (Å²) in [5, 5.41) is 7.59. The van der Waals surface area contributed by atoms with Crippen molar-refractivity contribution in [2.45, 2.75) is 39.3 Å². The van der Waals surface area contributed by atoms with Gasteiger partial charge < -0.3 is 9.15 Å². The van der Waals surface area contributed by atoms with Crippen LogP contribution in [0, 0.1) is 0 Å². The molecule has 0 unspecified atom stereocenters. The van der Waals surface area contributed by atoms with Crippen LogP contribution in [0.4, 0.5) is 5.95 Å². The van der Waals surface area contributed by atoms with E-state index in [1.165, 1.54) is 5.56 Å². The van der Waals surface area contributed by atoms with Gasteiger partial charge in [-0.3, -0.25) is 10.1 Å². The SMILES string of the molecule is CC(C)(C)c1ccc(OCc2ccc(C(=O)Nc3ncn(Cc4ccc(Cl)cc4)n3)o2)cc1. The number of carbonyl (C=O) groups excluding carboxylic acids is 1. The summed E-state index contributed by atoms with van der Waals surface area (Å²) in [6, 6.07) is 18.7. The minimum atomic E-state index is -0.431. The van der Waals surface area contributed by atoms with Crippen LogP contribution < -0.4 is 10.1 Å². The van der Waals surface area contributed by atoms with Crippen molar-refractivity contribution in [1.82, 2.24) is 14.8 Å². The Labute approximate surface area is 197 Å². The van der Waals surface area contributed by atoms with E-state index in [0.29, 0.717) is 17.3 Å². The fraction of sp³-hybridized carbons (Fsp3) is 0.240. The summed E-state index contributed by atoms with van der Waals surface area (Å²) in [7, 11) is 0. The maximum atomic E-state index is 12.5. The molecule has 4 rings (SSSR count). The highest BCUT2D eigenvalue weighted by atomic mass is 35.5. The smallest absolute Gasteiger partial charge is 0.293 e. The summed E-state index contributed by atoms with van der Waals surface area (Å²) < 4.78 is 13.0. The fourth-order valence-corrected chi connectivity index (χ4v) is 3.28. The second kappa shape index (κ2) is 9.50. The van der Waals surface area contributed by atoms with Gasteiger partial charge in [0.1, 0.15) is 24.4 Å². The van der Waals surface area contributed by atoms with Crippen LogP contribution in [0.5, 0.6) is 5.75 Å². The zero-order valence-electron chi connectivity index (χ0n) is 18.7. The molecular formula is C25H25ClN4O3. The molecule has 170 valence electrons. The molecule has 0 fully saturated rings. The first-order valence-corrected chi connectivity index (χ1v) is 10.9. The molecule has 0 aliphatic carbocycles. The maximum absolute atomic E-state index is 12.5. The second-order valence-corrected chi connectivity index (χ2v) is 9.11. The summed E-state index contributed by atoms with van der Waals surface area (Å²) >= 11 is 5.91. The number of ether oxygens (including phenoxy) is 1. The van der Waals surface area contributed by atoms with Gasteiger partial charge in [-0.15, -0.1) is 5.10 Å². The van der Waals surface area contributed by atoms with Gasteiger partial charge in [0, 0.05) is 5.02 Å². The Balaban J connectivity index is 1.31. The van der Waals surface area contributed by atoms with E-state index in [4.69, 9.17) is 20.8 Å². The van der Waals surface area contributed by atoms with E-state index in [-0.39, 0.29) is 23.7 Å². The lowest BCUT2D eigenvalue weighted by Crippen LogP contribution is -2.12. The lowest BCUT2D eigenvalue weighted by molar-refractivity contribution is 0.0991. The Bertz CT molecular complexity index is 1220. The van der Waals surface area contributed by atoms with Gasteiger partial charge in [-0.1, -0.05) is 56.6 Å². The van der Waals surface area contributed by atoms with E-state index in [1.54, 1.807) is 23.1 Å². The number of rotatable bonds is 7. The van der Waals surface area contributed by atoms with Gasteiger partial charge in [0.15, 0.2) is 5.76 Å². The predicted octanol–water partition coefficient (Wildman–Crippen LogP) is 5.70. The average Bonchev–Trinajstić information content (AvgIpc) is 3.43. The van der Waals surface area contributed by atoms with Crippen molar-refractivity contribution >= 4 is 23.5 Å². The van der Waals surface area contributed by atoms with Crippen LogP contribution in [0.25, 0.3) is 0 Å². The molecule has 33 heavy (non-hydrogen) atoms. The summed E-state index contributed by atoms with van der Waals surface area (Å²) in [5.74, 6) is 1.20. The van der Waals surface area contributed by atoms with Crippen LogP contribution in [0.1, 0.15) is 48.2 Å². The van der Waals surface area contributed by atoms with Crippen molar-refractivity contribution in [1.29, 1.82) is 0 Å². The molecule has 1 amide bonds. The number of furan rings is 1. The van der Waals surface area contributed by atoms with Crippen molar-refractivity contribution in [2.75, 3.05) is 5.32 Å². The third kappa shape index (κ3) is 6.02. The molecule has 0 spiro atoms. The molecule has 7 nitrogen and oxygen atoms in total. The monoisotopic (exact) mass is 464 g/mol. The van der Waals surface area contributed by atoms with Gasteiger partial charge in [-0.25, -0.2) is 9.67 Å². The van der Waals surface area contributed by atoms with Gasteiger partial charge in [0.2, 0.25) is 5.95 Å². The van der Waals surface area contributed by atoms with Crippen molar-refractivity contribution in [3.63, 3.8) is 0 Å². The van der Waals surface area contributed by atoms with Gasteiger partial charge in [0.25, 0.3) is 5.91 Å². The van der Waals surface area contributed by atoms with E-state index in [2.05, 4.69) is 48.3 Å². The fourth-order valence-electron chi connectivity index (χ4n) is 3.15. The molecule has 0 aliphatic heterocycles. The lowest BCUT2D eigenvalue weighted by Gasteiger charge is -2.19. The molecule has 2 aromatic heterocycles. The zero-order valence-corrected chi connectivity index (χ0v) is 19.5. The van der Waals surface area contributed by atoms with Crippen LogP contribution in [0.15, 0.2) is 71.4 Å². The van der Waals surface area contributed by atoms with E-state index in [0.717, 1.165) is 11.3 Å².